The number of hydrogen-bond donors (Lipinski definition) is 1. The first kappa shape index (κ1) is 14.9. The van der Waals surface area contributed by atoms with E-state index < -0.39 is 0 Å². The summed E-state index contributed by atoms with van der Waals surface area (Å²) in [7, 11) is 0. The van der Waals surface area contributed by atoms with E-state index in [9.17, 15) is 4.39 Å². The fraction of sp³-hybridized carbons (Fsp3) is 0.600. The summed E-state index contributed by atoms with van der Waals surface area (Å²) in [5, 5.41) is 7.72. The first-order chi connectivity index (χ1) is 10.6. The number of nitrogens with one attached hydrogen (secondary N) is 1. The maximum atomic E-state index is 14.3. The van der Waals surface area contributed by atoms with Crippen molar-refractivity contribution in [1.82, 2.24) is 24.7 Å². The lowest BCUT2D eigenvalue weighted by molar-refractivity contribution is 0.434. The molecule has 0 amide bonds. The van der Waals surface area contributed by atoms with Gasteiger partial charge >= 0.3 is 0 Å². The summed E-state index contributed by atoms with van der Waals surface area (Å²) in [6, 6.07) is -0.0668. The minimum atomic E-state index is -0.370. The molecule has 7 heteroatoms. The molecule has 3 heterocycles. The van der Waals surface area contributed by atoms with Crippen molar-refractivity contribution in [3.05, 3.63) is 29.5 Å². The average molecular weight is 304 g/mol. The highest BCUT2D eigenvalue weighted by Crippen LogP contribution is 2.28. The Balaban J connectivity index is 1.89. The van der Waals surface area contributed by atoms with Gasteiger partial charge in [0.25, 0.3) is 0 Å². The lowest BCUT2D eigenvalue weighted by Gasteiger charge is -2.23. The highest BCUT2D eigenvalue weighted by atomic mass is 19.1. The van der Waals surface area contributed by atoms with Gasteiger partial charge in [0.05, 0.1) is 11.7 Å². The van der Waals surface area contributed by atoms with E-state index in [-0.39, 0.29) is 23.6 Å². The smallest absolute Gasteiger partial charge is 0.186 e. The van der Waals surface area contributed by atoms with Crippen LogP contribution in [-0.4, -0.2) is 24.7 Å². The summed E-state index contributed by atoms with van der Waals surface area (Å²) in [4.78, 5) is 12.6. The number of fused-ring (bicyclic) bond motifs is 1. The molecule has 1 aliphatic heterocycles. The largest absolute Gasteiger partial charge is 0.358 e. The monoisotopic (exact) mass is 304 g/mol. The van der Waals surface area contributed by atoms with Crippen LogP contribution in [-0.2, 0) is 13.0 Å². The number of nitrogens with zero attached hydrogens (tertiary/aromatic N) is 5. The number of rotatable bonds is 4. The third-order valence-corrected chi connectivity index (χ3v) is 3.92. The Kier molecular flexibility index (Phi) is 4.04. The normalized spacial score (nSPS) is 17.6. The Hall–Kier alpha value is -2.05. The summed E-state index contributed by atoms with van der Waals surface area (Å²) < 4.78 is 16.2. The number of anilines is 1. The fourth-order valence-corrected chi connectivity index (χ4v) is 2.67. The molecule has 1 N–H and O–H groups in total. The molecular weight excluding hydrogens is 283 g/mol. The van der Waals surface area contributed by atoms with Gasteiger partial charge in [0, 0.05) is 12.5 Å². The van der Waals surface area contributed by atoms with Crippen LogP contribution in [0.15, 0.2) is 6.33 Å². The quantitative estimate of drug-likeness (QED) is 0.940. The second kappa shape index (κ2) is 5.98. The van der Waals surface area contributed by atoms with Crippen molar-refractivity contribution in [2.45, 2.75) is 58.5 Å². The molecule has 0 bridgehead atoms. The van der Waals surface area contributed by atoms with Crippen LogP contribution in [0.5, 0.6) is 0 Å². The van der Waals surface area contributed by atoms with Gasteiger partial charge in [-0.3, -0.25) is 0 Å². The van der Waals surface area contributed by atoms with Gasteiger partial charge in [0.1, 0.15) is 12.2 Å². The molecule has 6 nitrogen and oxygen atoms in total. The molecule has 0 fully saturated rings. The zero-order chi connectivity index (χ0) is 15.7. The predicted molar refractivity (Wildman–Crippen MR) is 81.1 cm³/mol. The van der Waals surface area contributed by atoms with Crippen LogP contribution in [0.2, 0.25) is 0 Å². The van der Waals surface area contributed by atoms with Gasteiger partial charge in [-0.05, 0) is 19.3 Å². The summed E-state index contributed by atoms with van der Waals surface area (Å²) in [6.07, 6.45) is 3.82. The molecule has 0 spiro atoms. The molecular formula is C15H21FN6. The maximum absolute atomic E-state index is 14.3. The maximum Gasteiger partial charge on any atom is 0.186 e. The number of aryl methyl sites for hydroxylation is 2. The molecule has 1 unspecified atom stereocenters. The van der Waals surface area contributed by atoms with Gasteiger partial charge in [-0.1, -0.05) is 20.8 Å². The third-order valence-electron chi connectivity index (χ3n) is 3.92. The third kappa shape index (κ3) is 2.67. The Labute approximate surface area is 129 Å². The van der Waals surface area contributed by atoms with E-state index in [1.165, 1.54) is 6.33 Å². The molecule has 0 saturated carbocycles. The van der Waals surface area contributed by atoms with Gasteiger partial charge in [0.2, 0.25) is 0 Å². The molecule has 1 atom stereocenters. The van der Waals surface area contributed by atoms with Crippen LogP contribution in [0.4, 0.5) is 10.2 Å². The Morgan fingerprint density at radius 3 is 2.95 bits per heavy atom. The van der Waals surface area contributed by atoms with Crippen LogP contribution in [0.25, 0.3) is 0 Å². The van der Waals surface area contributed by atoms with Gasteiger partial charge in [-0.15, -0.1) is 0 Å². The Morgan fingerprint density at radius 2 is 2.23 bits per heavy atom. The van der Waals surface area contributed by atoms with Gasteiger partial charge in [-0.2, -0.15) is 5.10 Å². The first-order valence-electron chi connectivity index (χ1n) is 7.80. The Bertz CT molecular complexity index is 666. The van der Waals surface area contributed by atoms with Crippen molar-refractivity contribution >= 4 is 5.82 Å². The van der Waals surface area contributed by atoms with Gasteiger partial charge < -0.3 is 5.32 Å². The lowest BCUT2D eigenvalue weighted by Crippen LogP contribution is -2.23. The molecule has 22 heavy (non-hydrogen) atoms. The van der Waals surface area contributed by atoms with Crippen LogP contribution in [0, 0.1) is 5.82 Å². The summed E-state index contributed by atoms with van der Waals surface area (Å²) in [5.74, 6) is 1.86. The highest BCUT2D eigenvalue weighted by molar-refractivity contribution is 5.39. The van der Waals surface area contributed by atoms with E-state index in [1.807, 2.05) is 11.6 Å². The molecule has 118 valence electrons. The van der Waals surface area contributed by atoms with Crippen LogP contribution < -0.4 is 5.32 Å². The van der Waals surface area contributed by atoms with E-state index in [2.05, 4.69) is 39.2 Å². The molecule has 3 rings (SSSR count). The molecule has 1 aliphatic rings. The van der Waals surface area contributed by atoms with E-state index in [0.717, 1.165) is 31.0 Å². The van der Waals surface area contributed by atoms with Gasteiger partial charge in [-0.25, -0.2) is 24.0 Å². The number of aromatic nitrogens is 5. The minimum Gasteiger partial charge on any atom is -0.358 e. The summed E-state index contributed by atoms with van der Waals surface area (Å²) in [5.41, 5.74) is 0.428. The predicted octanol–water partition coefficient (Wildman–Crippen LogP) is 2.84. The van der Waals surface area contributed by atoms with E-state index in [0.29, 0.717) is 12.1 Å². The first-order valence-corrected chi connectivity index (χ1v) is 7.80. The van der Waals surface area contributed by atoms with Crippen LogP contribution in [0.1, 0.15) is 62.9 Å². The number of halogens is 1. The van der Waals surface area contributed by atoms with E-state index in [1.54, 1.807) is 0 Å². The molecule has 0 saturated heterocycles. The summed E-state index contributed by atoms with van der Waals surface area (Å²) >= 11 is 0. The van der Waals surface area contributed by atoms with Crippen molar-refractivity contribution in [2.24, 2.45) is 0 Å². The van der Waals surface area contributed by atoms with E-state index >= 15 is 0 Å². The molecule has 0 radical (unpaired) electrons. The van der Waals surface area contributed by atoms with Crippen molar-refractivity contribution in [2.75, 3.05) is 5.32 Å². The van der Waals surface area contributed by atoms with Crippen molar-refractivity contribution in [3.63, 3.8) is 0 Å². The van der Waals surface area contributed by atoms with Crippen LogP contribution >= 0.6 is 0 Å². The Morgan fingerprint density at radius 1 is 1.41 bits per heavy atom. The second-order valence-corrected chi connectivity index (χ2v) is 5.88. The number of hydrogen-bond acceptors (Lipinski definition) is 5. The second-order valence-electron chi connectivity index (χ2n) is 5.88. The topological polar surface area (TPSA) is 68.5 Å². The van der Waals surface area contributed by atoms with Crippen molar-refractivity contribution < 1.29 is 4.39 Å². The lowest BCUT2D eigenvalue weighted by atomic mass is 10.1. The highest BCUT2D eigenvalue weighted by Gasteiger charge is 2.26. The molecule has 0 aromatic carbocycles. The SMILES string of the molecule is CCc1ncnc(NC2CCCn3nc(C(C)C)nc32)c1F. The van der Waals surface area contributed by atoms with Gasteiger partial charge in [0.15, 0.2) is 17.5 Å². The van der Waals surface area contributed by atoms with Crippen molar-refractivity contribution in [1.29, 1.82) is 0 Å². The van der Waals surface area contributed by atoms with Crippen molar-refractivity contribution in [3.8, 4) is 0 Å². The minimum absolute atomic E-state index is 0.0668. The summed E-state index contributed by atoms with van der Waals surface area (Å²) in [6.45, 7) is 6.88. The zero-order valence-electron chi connectivity index (χ0n) is 13.2. The zero-order valence-corrected chi connectivity index (χ0v) is 13.2. The van der Waals surface area contributed by atoms with E-state index in [4.69, 9.17) is 0 Å². The fourth-order valence-electron chi connectivity index (χ4n) is 2.67. The molecule has 2 aromatic heterocycles. The standard InChI is InChI=1S/C15H21FN6/c1-4-10-12(16)14(18-8-17-10)19-11-6-5-7-22-15(11)20-13(21-22)9(2)3/h8-9,11H,4-7H2,1-3H3,(H,17,18,19). The molecule has 0 aliphatic carbocycles. The average Bonchev–Trinajstić information content (AvgIpc) is 2.95. The van der Waals surface area contributed by atoms with Crippen LogP contribution in [0.3, 0.4) is 0 Å². The molecule has 2 aromatic rings.